The van der Waals surface area contributed by atoms with Gasteiger partial charge < -0.3 is 15.2 Å². The number of phenols is 1. The molecule has 112 valence electrons. The van der Waals surface area contributed by atoms with Gasteiger partial charge >= 0.3 is 6.36 Å². The Balaban J connectivity index is 1.97. The molecule has 0 spiro atoms. The lowest BCUT2D eigenvalue weighted by atomic mass is 10.1. The van der Waals surface area contributed by atoms with E-state index >= 15 is 0 Å². The van der Waals surface area contributed by atoms with Gasteiger partial charge in [0.2, 0.25) is 0 Å². The second-order valence-electron chi connectivity index (χ2n) is 4.54. The maximum Gasteiger partial charge on any atom is 0.573 e. The number of ether oxygens (including phenoxy) is 1. The van der Waals surface area contributed by atoms with E-state index in [0.717, 1.165) is 16.8 Å². The van der Waals surface area contributed by atoms with Crippen LogP contribution in [0.25, 0.3) is 0 Å². The van der Waals surface area contributed by atoms with Gasteiger partial charge in [-0.1, -0.05) is 12.1 Å². The van der Waals surface area contributed by atoms with Crippen molar-refractivity contribution >= 4 is 5.69 Å². The fourth-order valence-electron chi connectivity index (χ4n) is 1.85. The number of alkyl halides is 3. The Morgan fingerprint density at radius 1 is 1.10 bits per heavy atom. The van der Waals surface area contributed by atoms with Crippen LogP contribution in [-0.2, 0) is 6.54 Å². The minimum Gasteiger partial charge on any atom is -0.508 e. The molecule has 2 aromatic carbocycles. The van der Waals surface area contributed by atoms with Crippen LogP contribution in [0.1, 0.15) is 11.1 Å². The molecule has 6 heteroatoms. The minimum atomic E-state index is -4.68. The lowest BCUT2D eigenvalue weighted by molar-refractivity contribution is -0.274. The van der Waals surface area contributed by atoms with Crippen LogP contribution in [0.15, 0.2) is 42.5 Å². The average Bonchev–Trinajstić information content (AvgIpc) is 2.38. The highest BCUT2D eigenvalue weighted by molar-refractivity contribution is 5.53. The normalized spacial score (nSPS) is 11.2. The smallest absolute Gasteiger partial charge is 0.508 e. The van der Waals surface area contributed by atoms with Crippen molar-refractivity contribution in [2.75, 3.05) is 5.32 Å². The van der Waals surface area contributed by atoms with Crippen molar-refractivity contribution in [2.24, 2.45) is 0 Å². The largest absolute Gasteiger partial charge is 0.573 e. The zero-order valence-electron chi connectivity index (χ0n) is 11.2. The predicted octanol–water partition coefficient (Wildman–Crippen LogP) is 4.21. The summed E-state index contributed by atoms with van der Waals surface area (Å²) in [6.45, 7) is 2.31. The standard InChI is InChI=1S/C15H14F3NO2/c1-10-8-12(20)4-7-14(10)19-9-11-2-5-13(6-3-11)21-15(16,17)18/h2-8,19-20H,9H2,1H3. The molecule has 0 aliphatic rings. The minimum absolute atomic E-state index is 0.187. The summed E-state index contributed by atoms with van der Waals surface area (Å²) in [5, 5.41) is 12.5. The molecule has 0 saturated carbocycles. The van der Waals surface area contributed by atoms with Crippen LogP contribution >= 0.6 is 0 Å². The topological polar surface area (TPSA) is 41.5 Å². The van der Waals surface area contributed by atoms with Crippen LogP contribution in [0.4, 0.5) is 18.9 Å². The van der Waals surface area contributed by atoms with Gasteiger partial charge in [0.25, 0.3) is 0 Å². The molecule has 0 aromatic heterocycles. The van der Waals surface area contributed by atoms with E-state index in [2.05, 4.69) is 10.1 Å². The molecule has 2 N–H and O–H groups in total. The van der Waals surface area contributed by atoms with Crippen LogP contribution in [0.3, 0.4) is 0 Å². The number of hydrogen-bond donors (Lipinski definition) is 2. The Morgan fingerprint density at radius 3 is 2.33 bits per heavy atom. The summed E-state index contributed by atoms with van der Waals surface area (Å²) in [6.07, 6.45) is -4.68. The number of aromatic hydroxyl groups is 1. The molecule has 0 aliphatic heterocycles. The third-order valence-corrected chi connectivity index (χ3v) is 2.85. The predicted molar refractivity (Wildman–Crippen MR) is 73.3 cm³/mol. The Hall–Kier alpha value is -2.37. The van der Waals surface area contributed by atoms with Gasteiger partial charge in [-0.05, 0) is 48.4 Å². The summed E-state index contributed by atoms with van der Waals surface area (Å²) >= 11 is 0. The first-order chi connectivity index (χ1) is 9.83. The third kappa shape index (κ3) is 4.59. The van der Waals surface area contributed by atoms with Crippen LogP contribution < -0.4 is 10.1 Å². The van der Waals surface area contributed by atoms with E-state index < -0.39 is 6.36 Å². The summed E-state index contributed by atoms with van der Waals surface area (Å²) < 4.78 is 39.9. The number of phenolic OH excluding ortho intramolecular Hbond substituents is 1. The lowest BCUT2D eigenvalue weighted by Gasteiger charge is -2.11. The summed E-state index contributed by atoms with van der Waals surface area (Å²) in [5.74, 6) is -0.0567. The first-order valence-electron chi connectivity index (χ1n) is 6.22. The van der Waals surface area contributed by atoms with Crippen molar-refractivity contribution in [3.05, 3.63) is 53.6 Å². The highest BCUT2D eigenvalue weighted by atomic mass is 19.4. The van der Waals surface area contributed by atoms with E-state index in [1.807, 2.05) is 6.92 Å². The van der Waals surface area contributed by atoms with E-state index in [0.29, 0.717) is 6.54 Å². The molecule has 0 amide bonds. The van der Waals surface area contributed by atoms with Crippen molar-refractivity contribution in [3.8, 4) is 11.5 Å². The van der Waals surface area contributed by atoms with Gasteiger partial charge in [0.1, 0.15) is 11.5 Å². The van der Waals surface area contributed by atoms with E-state index in [-0.39, 0.29) is 11.5 Å². The SMILES string of the molecule is Cc1cc(O)ccc1NCc1ccc(OC(F)(F)F)cc1. The van der Waals surface area contributed by atoms with Crippen LogP contribution in [0.5, 0.6) is 11.5 Å². The third-order valence-electron chi connectivity index (χ3n) is 2.85. The van der Waals surface area contributed by atoms with Crippen LogP contribution in [0.2, 0.25) is 0 Å². The van der Waals surface area contributed by atoms with Gasteiger partial charge in [-0.2, -0.15) is 0 Å². The monoisotopic (exact) mass is 297 g/mol. The summed E-state index contributed by atoms with van der Waals surface area (Å²) in [6, 6.07) is 10.6. The van der Waals surface area contributed by atoms with E-state index in [4.69, 9.17) is 0 Å². The number of halogens is 3. The van der Waals surface area contributed by atoms with Gasteiger partial charge in [0, 0.05) is 12.2 Å². The molecule has 0 atom stereocenters. The van der Waals surface area contributed by atoms with Crippen molar-refractivity contribution in [1.29, 1.82) is 0 Å². The molecule has 0 aliphatic carbocycles. The van der Waals surface area contributed by atoms with Crippen molar-refractivity contribution in [2.45, 2.75) is 19.8 Å². The highest BCUT2D eigenvalue weighted by Crippen LogP contribution is 2.24. The zero-order chi connectivity index (χ0) is 15.5. The first kappa shape index (κ1) is 15.0. The summed E-state index contributed by atoms with van der Waals surface area (Å²) in [4.78, 5) is 0. The lowest BCUT2D eigenvalue weighted by Crippen LogP contribution is -2.17. The number of rotatable bonds is 4. The second kappa shape index (κ2) is 5.95. The molecular weight excluding hydrogens is 283 g/mol. The number of anilines is 1. The molecule has 0 radical (unpaired) electrons. The molecule has 0 saturated heterocycles. The second-order valence-corrected chi connectivity index (χ2v) is 4.54. The van der Waals surface area contributed by atoms with E-state index in [9.17, 15) is 18.3 Å². The Labute approximate surface area is 120 Å². The fourth-order valence-corrected chi connectivity index (χ4v) is 1.85. The van der Waals surface area contributed by atoms with Crippen LogP contribution in [0, 0.1) is 6.92 Å². The van der Waals surface area contributed by atoms with Crippen molar-refractivity contribution < 1.29 is 23.0 Å². The molecule has 0 fully saturated rings. The number of hydrogen-bond acceptors (Lipinski definition) is 3. The fraction of sp³-hybridized carbons (Fsp3) is 0.200. The summed E-state index contributed by atoms with van der Waals surface area (Å²) in [5.41, 5.74) is 2.55. The molecular formula is C15H14F3NO2. The molecule has 2 rings (SSSR count). The first-order valence-corrected chi connectivity index (χ1v) is 6.22. The summed E-state index contributed by atoms with van der Waals surface area (Å²) in [7, 11) is 0. The average molecular weight is 297 g/mol. The van der Waals surface area contributed by atoms with Gasteiger partial charge in [-0.25, -0.2) is 0 Å². The van der Waals surface area contributed by atoms with Gasteiger partial charge in [-0.3, -0.25) is 0 Å². The molecule has 0 heterocycles. The van der Waals surface area contributed by atoms with Gasteiger partial charge in [0.05, 0.1) is 0 Å². The Bertz CT molecular complexity index is 609. The molecule has 0 bridgehead atoms. The molecule has 0 unspecified atom stereocenters. The van der Waals surface area contributed by atoms with E-state index in [1.54, 1.807) is 30.3 Å². The molecule has 2 aromatic rings. The van der Waals surface area contributed by atoms with Crippen molar-refractivity contribution in [1.82, 2.24) is 0 Å². The van der Waals surface area contributed by atoms with Crippen LogP contribution in [-0.4, -0.2) is 11.5 Å². The number of aryl methyl sites for hydroxylation is 1. The van der Waals surface area contributed by atoms with E-state index in [1.165, 1.54) is 12.1 Å². The molecule has 3 nitrogen and oxygen atoms in total. The maximum absolute atomic E-state index is 12.0. The van der Waals surface area contributed by atoms with Crippen molar-refractivity contribution in [3.63, 3.8) is 0 Å². The number of benzene rings is 2. The molecule has 21 heavy (non-hydrogen) atoms. The highest BCUT2D eigenvalue weighted by Gasteiger charge is 2.30. The van der Waals surface area contributed by atoms with Gasteiger partial charge in [-0.15, -0.1) is 13.2 Å². The zero-order valence-corrected chi connectivity index (χ0v) is 11.2. The quantitative estimate of drug-likeness (QED) is 0.831. The Morgan fingerprint density at radius 2 is 1.76 bits per heavy atom. The maximum atomic E-state index is 12.0. The number of nitrogens with one attached hydrogen (secondary N) is 1. The van der Waals surface area contributed by atoms with Gasteiger partial charge in [0.15, 0.2) is 0 Å². The Kier molecular flexibility index (Phi) is 4.26.